The monoisotopic (exact) mass is 390 g/mol. The number of amides is 1. The van der Waals surface area contributed by atoms with E-state index in [1.807, 2.05) is 19.9 Å². The van der Waals surface area contributed by atoms with Crippen LogP contribution in [0.5, 0.6) is 0 Å². The Balaban J connectivity index is 1.85. The Labute approximate surface area is 159 Å². The quantitative estimate of drug-likeness (QED) is 0.869. The fourth-order valence-corrected chi connectivity index (χ4v) is 4.58. The van der Waals surface area contributed by atoms with Gasteiger partial charge in [0, 0.05) is 24.7 Å². The van der Waals surface area contributed by atoms with Gasteiger partial charge in [-0.3, -0.25) is 9.52 Å². The molecule has 2 aromatic carbocycles. The van der Waals surface area contributed by atoms with Crippen LogP contribution in [0.2, 0.25) is 0 Å². The van der Waals surface area contributed by atoms with Crippen LogP contribution in [0.3, 0.4) is 0 Å². The lowest BCUT2D eigenvalue weighted by Gasteiger charge is -2.30. The third-order valence-electron chi connectivity index (χ3n) is 4.70. The van der Waals surface area contributed by atoms with Crippen molar-refractivity contribution in [3.8, 4) is 0 Å². The van der Waals surface area contributed by atoms with Gasteiger partial charge in [0.25, 0.3) is 10.0 Å². The number of hydrogen-bond donors (Lipinski definition) is 1. The van der Waals surface area contributed by atoms with Gasteiger partial charge in [-0.25, -0.2) is 12.8 Å². The molecule has 0 spiro atoms. The standard InChI is InChI=1S/C20H23FN2O3S/c1-13(2)20(24)23-9-8-15-4-6-18(11-16(15)12-23)22-27(25,26)19-7-5-17(21)10-14(19)3/h4-7,10-11,13,22H,8-9,12H2,1-3H3. The topological polar surface area (TPSA) is 66.5 Å². The zero-order chi connectivity index (χ0) is 19.8. The fraction of sp³-hybridized carbons (Fsp3) is 0.350. The number of fused-ring (bicyclic) bond motifs is 1. The summed E-state index contributed by atoms with van der Waals surface area (Å²) in [5.74, 6) is -0.460. The second-order valence-corrected chi connectivity index (χ2v) is 8.81. The van der Waals surface area contributed by atoms with Gasteiger partial charge < -0.3 is 4.90 Å². The van der Waals surface area contributed by atoms with Crippen LogP contribution in [0.1, 0.15) is 30.5 Å². The minimum atomic E-state index is -3.83. The van der Waals surface area contributed by atoms with E-state index in [1.165, 1.54) is 12.1 Å². The highest BCUT2D eigenvalue weighted by molar-refractivity contribution is 7.92. The molecule has 1 aliphatic rings. The number of anilines is 1. The number of carbonyl (C=O) groups excluding carboxylic acids is 1. The maximum atomic E-state index is 13.3. The molecule has 3 rings (SSSR count). The summed E-state index contributed by atoms with van der Waals surface area (Å²) in [7, 11) is -3.83. The molecule has 0 saturated heterocycles. The molecule has 0 aliphatic carbocycles. The van der Waals surface area contributed by atoms with Gasteiger partial charge in [0.15, 0.2) is 0 Å². The molecule has 0 aromatic heterocycles. The molecule has 7 heteroatoms. The Bertz CT molecular complexity index is 987. The first kappa shape index (κ1) is 19.4. The number of nitrogens with zero attached hydrogens (tertiary/aromatic N) is 1. The molecule has 5 nitrogen and oxygen atoms in total. The number of halogens is 1. The first-order valence-corrected chi connectivity index (χ1v) is 10.4. The highest BCUT2D eigenvalue weighted by Gasteiger charge is 2.23. The van der Waals surface area contributed by atoms with Crippen molar-refractivity contribution in [3.63, 3.8) is 0 Å². The van der Waals surface area contributed by atoms with Crippen LogP contribution in [-0.4, -0.2) is 25.8 Å². The van der Waals surface area contributed by atoms with Crippen molar-refractivity contribution in [2.75, 3.05) is 11.3 Å². The molecule has 0 saturated carbocycles. The van der Waals surface area contributed by atoms with E-state index in [0.717, 1.165) is 23.6 Å². The molecule has 1 amide bonds. The van der Waals surface area contributed by atoms with Gasteiger partial charge in [-0.15, -0.1) is 0 Å². The summed E-state index contributed by atoms with van der Waals surface area (Å²) in [5.41, 5.74) is 2.82. The average Bonchev–Trinajstić information content (AvgIpc) is 2.59. The van der Waals surface area contributed by atoms with Crippen molar-refractivity contribution >= 4 is 21.6 Å². The predicted octanol–water partition coefficient (Wildman–Crippen LogP) is 3.48. The number of hydrogen-bond acceptors (Lipinski definition) is 3. The van der Waals surface area contributed by atoms with Crippen LogP contribution in [0.15, 0.2) is 41.3 Å². The maximum absolute atomic E-state index is 13.3. The van der Waals surface area contributed by atoms with Crippen LogP contribution < -0.4 is 4.72 Å². The molecule has 144 valence electrons. The summed E-state index contributed by atoms with van der Waals surface area (Å²) >= 11 is 0. The molecule has 2 aromatic rings. The Morgan fingerprint density at radius 3 is 2.56 bits per heavy atom. The zero-order valence-electron chi connectivity index (χ0n) is 15.6. The second kappa shape index (κ2) is 7.31. The third kappa shape index (κ3) is 4.13. The highest BCUT2D eigenvalue weighted by atomic mass is 32.2. The number of sulfonamides is 1. The summed E-state index contributed by atoms with van der Waals surface area (Å²) in [6.45, 7) is 6.43. The molecule has 0 fully saturated rings. The SMILES string of the molecule is Cc1cc(F)ccc1S(=O)(=O)Nc1ccc2c(c1)CN(C(=O)C(C)C)CC2. The fourth-order valence-electron chi connectivity index (χ4n) is 3.30. The number of benzene rings is 2. The normalized spacial score (nSPS) is 14.2. The smallest absolute Gasteiger partial charge is 0.262 e. The summed E-state index contributed by atoms with van der Waals surface area (Å²) < 4.78 is 41.2. The van der Waals surface area contributed by atoms with Gasteiger partial charge in [0.1, 0.15) is 5.82 Å². The van der Waals surface area contributed by atoms with Crippen LogP contribution in [0.4, 0.5) is 10.1 Å². The zero-order valence-corrected chi connectivity index (χ0v) is 16.4. The molecular weight excluding hydrogens is 367 g/mol. The van der Waals surface area contributed by atoms with Gasteiger partial charge in [-0.2, -0.15) is 0 Å². The van der Waals surface area contributed by atoms with E-state index in [2.05, 4.69) is 4.72 Å². The molecule has 1 N–H and O–H groups in total. The van der Waals surface area contributed by atoms with E-state index in [1.54, 1.807) is 24.0 Å². The van der Waals surface area contributed by atoms with Gasteiger partial charge >= 0.3 is 0 Å². The van der Waals surface area contributed by atoms with Crippen molar-refractivity contribution < 1.29 is 17.6 Å². The van der Waals surface area contributed by atoms with E-state index in [-0.39, 0.29) is 16.7 Å². The van der Waals surface area contributed by atoms with Gasteiger partial charge in [-0.05, 0) is 60.4 Å². The summed E-state index contributed by atoms with van der Waals surface area (Å²) in [6.07, 6.45) is 0.748. The van der Waals surface area contributed by atoms with Crippen LogP contribution in [0.25, 0.3) is 0 Å². The Hall–Kier alpha value is -2.41. The largest absolute Gasteiger partial charge is 0.338 e. The van der Waals surface area contributed by atoms with E-state index in [4.69, 9.17) is 0 Å². The highest BCUT2D eigenvalue weighted by Crippen LogP contribution is 2.26. The first-order valence-electron chi connectivity index (χ1n) is 8.87. The molecule has 1 aliphatic heterocycles. The van der Waals surface area contributed by atoms with Crippen molar-refractivity contribution in [1.29, 1.82) is 0 Å². The average molecular weight is 390 g/mol. The van der Waals surface area contributed by atoms with E-state index < -0.39 is 15.8 Å². The minimum absolute atomic E-state index is 0.0400. The van der Waals surface area contributed by atoms with Crippen molar-refractivity contribution in [3.05, 3.63) is 58.9 Å². The van der Waals surface area contributed by atoms with Gasteiger partial charge in [-0.1, -0.05) is 19.9 Å². The van der Waals surface area contributed by atoms with Crippen molar-refractivity contribution in [1.82, 2.24) is 4.90 Å². The molecule has 0 radical (unpaired) electrons. The van der Waals surface area contributed by atoms with Crippen molar-refractivity contribution in [2.45, 2.75) is 38.6 Å². The molecule has 27 heavy (non-hydrogen) atoms. The Morgan fingerprint density at radius 2 is 1.89 bits per heavy atom. The molecule has 1 heterocycles. The molecule has 0 bridgehead atoms. The van der Waals surface area contributed by atoms with Crippen molar-refractivity contribution in [2.24, 2.45) is 5.92 Å². The summed E-state index contributed by atoms with van der Waals surface area (Å²) in [6, 6.07) is 8.96. The molecule has 0 unspecified atom stereocenters. The molecular formula is C20H23FN2O3S. The number of rotatable bonds is 4. The maximum Gasteiger partial charge on any atom is 0.262 e. The van der Waals surface area contributed by atoms with E-state index in [0.29, 0.717) is 24.3 Å². The lowest BCUT2D eigenvalue weighted by atomic mass is 9.98. The number of carbonyl (C=O) groups is 1. The summed E-state index contributed by atoms with van der Waals surface area (Å²) in [4.78, 5) is 14.1. The molecule has 0 atom stereocenters. The van der Waals surface area contributed by atoms with Gasteiger partial charge in [0.05, 0.1) is 4.90 Å². The van der Waals surface area contributed by atoms with Gasteiger partial charge in [0.2, 0.25) is 5.91 Å². The summed E-state index contributed by atoms with van der Waals surface area (Å²) in [5, 5.41) is 0. The predicted molar refractivity (Wildman–Crippen MR) is 102 cm³/mol. The second-order valence-electron chi connectivity index (χ2n) is 7.16. The lowest BCUT2D eigenvalue weighted by Crippen LogP contribution is -2.38. The van der Waals surface area contributed by atoms with Crippen LogP contribution >= 0.6 is 0 Å². The number of nitrogens with one attached hydrogen (secondary N) is 1. The Kier molecular flexibility index (Phi) is 5.24. The minimum Gasteiger partial charge on any atom is -0.338 e. The van der Waals surface area contributed by atoms with Crippen LogP contribution in [0, 0.1) is 18.7 Å². The lowest BCUT2D eigenvalue weighted by molar-refractivity contribution is -0.135. The van der Waals surface area contributed by atoms with E-state index >= 15 is 0 Å². The van der Waals surface area contributed by atoms with Crippen LogP contribution in [-0.2, 0) is 27.8 Å². The first-order chi connectivity index (χ1) is 12.7. The van der Waals surface area contributed by atoms with E-state index in [9.17, 15) is 17.6 Å². The third-order valence-corrected chi connectivity index (χ3v) is 6.24. The number of aryl methyl sites for hydroxylation is 1. The Morgan fingerprint density at radius 1 is 1.15 bits per heavy atom.